The van der Waals surface area contributed by atoms with Gasteiger partial charge in [-0.1, -0.05) is 18.2 Å². The summed E-state index contributed by atoms with van der Waals surface area (Å²) in [6, 6.07) is 9.29. The largest absolute Gasteiger partial charge is 0.452 e. The predicted octanol–water partition coefficient (Wildman–Crippen LogP) is 0.520. The van der Waals surface area contributed by atoms with Gasteiger partial charge in [-0.2, -0.15) is 0 Å². The Balaban J connectivity index is 1.66. The van der Waals surface area contributed by atoms with Gasteiger partial charge < -0.3 is 9.64 Å². The van der Waals surface area contributed by atoms with Crippen molar-refractivity contribution in [2.75, 3.05) is 19.6 Å². The Hall–Kier alpha value is -1.35. The van der Waals surface area contributed by atoms with Crippen molar-refractivity contribution < 1.29 is 14.4 Å². The van der Waals surface area contributed by atoms with E-state index in [0.29, 0.717) is 11.5 Å². The molecule has 3 heteroatoms. The Morgan fingerprint density at radius 1 is 1.18 bits per heavy atom. The van der Waals surface area contributed by atoms with Crippen molar-refractivity contribution in [3.8, 4) is 0 Å². The lowest BCUT2D eigenvalue weighted by molar-refractivity contribution is -0.920. The van der Waals surface area contributed by atoms with Gasteiger partial charge in [-0.3, -0.25) is 0 Å². The molecule has 1 aromatic rings. The van der Waals surface area contributed by atoms with Crippen LogP contribution in [0.1, 0.15) is 23.2 Å². The zero-order chi connectivity index (χ0) is 11.7. The van der Waals surface area contributed by atoms with Crippen molar-refractivity contribution in [3.05, 3.63) is 35.9 Å². The first-order chi connectivity index (χ1) is 8.33. The molecule has 1 aromatic carbocycles. The quantitative estimate of drug-likeness (QED) is 0.754. The molecule has 0 spiro atoms. The summed E-state index contributed by atoms with van der Waals surface area (Å²) in [4.78, 5) is 13.6. The molecule has 0 radical (unpaired) electrons. The number of benzene rings is 1. The lowest BCUT2D eigenvalue weighted by atomic mass is 9.86. The molecule has 2 bridgehead atoms. The van der Waals surface area contributed by atoms with Crippen molar-refractivity contribution >= 4 is 5.97 Å². The number of quaternary nitrogens is 1. The zero-order valence-corrected chi connectivity index (χ0v) is 9.89. The van der Waals surface area contributed by atoms with Crippen molar-refractivity contribution in [2.24, 2.45) is 5.92 Å². The van der Waals surface area contributed by atoms with Crippen LogP contribution in [0.2, 0.25) is 0 Å². The average molecular weight is 232 g/mol. The van der Waals surface area contributed by atoms with Gasteiger partial charge in [-0.05, 0) is 12.1 Å². The topological polar surface area (TPSA) is 30.7 Å². The molecule has 1 N–H and O–H groups in total. The van der Waals surface area contributed by atoms with E-state index in [2.05, 4.69) is 0 Å². The third-order valence-electron chi connectivity index (χ3n) is 4.02. The number of hydrogen-bond acceptors (Lipinski definition) is 2. The third kappa shape index (κ3) is 2.20. The smallest absolute Gasteiger partial charge is 0.338 e. The number of nitrogens with one attached hydrogen (secondary N) is 1. The van der Waals surface area contributed by atoms with E-state index in [9.17, 15) is 4.79 Å². The minimum absolute atomic E-state index is 0.139. The first-order valence-electron chi connectivity index (χ1n) is 6.42. The zero-order valence-electron chi connectivity index (χ0n) is 9.89. The Kier molecular flexibility index (Phi) is 2.85. The summed E-state index contributed by atoms with van der Waals surface area (Å²) in [5.74, 6) is 0.434. The molecule has 3 heterocycles. The minimum atomic E-state index is -0.163. The molecule has 3 aliphatic heterocycles. The van der Waals surface area contributed by atoms with Gasteiger partial charge in [0.15, 0.2) is 6.10 Å². The molecule has 4 rings (SSSR count). The van der Waals surface area contributed by atoms with E-state index >= 15 is 0 Å². The lowest BCUT2D eigenvalue weighted by Crippen LogP contribution is -3.16. The van der Waals surface area contributed by atoms with Crippen LogP contribution in [0.15, 0.2) is 30.3 Å². The summed E-state index contributed by atoms with van der Waals surface area (Å²) in [6.45, 7) is 3.51. The Morgan fingerprint density at radius 2 is 1.88 bits per heavy atom. The van der Waals surface area contributed by atoms with E-state index in [1.807, 2.05) is 30.3 Å². The van der Waals surface area contributed by atoms with Crippen LogP contribution in [0.3, 0.4) is 0 Å². The van der Waals surface area contributed by atoms with Crippen molar-refractivity contribution in [3.63, 3.8) is 0 Å². The fraction of sp³-hybridized carbons (Fsp3) is 0.500. The Morgan fingerprint density at radius 3 is 2.47 bits per heavy atom. The second-order valence-corrected chi connectivity index (χ2v) is 5.10. The SMILES string of the molecule is O=C(OC1C[NH+]2CCC1CC2)c1ccccc1. The van der Waals surface area contributed by atoms with E-state index < -0.39 is 0 Å². The standard InChI is InChI=1S/C14H17NO2/c16-14(12-4-2-1-3-5-12)17-13-10-15-8-6-11(13)7-9-15/h1-5,11,13H,6-10H2/p+1. The first-order valence-corrected chi connectivity index (χ1v) is 6.42. The summed E-state index contributed by atoms with van der Waals surface area (Å²) >= 11 is 0. The van der Waals surface area contributed by atoms with Gasteiger partial charge in [0.1, 0.15) is 6.54 Å². The van der Waals surface area contributed by atoms with E-state index in [0.717, 1.165) is 6.54 Å². The summed E-state index contributed by atoms with van der Waals surface area (Å²) in [7, 11) is 0. The number of ether oxygens (including phenoxy) is 1. The summed E-state index contributed by atoms with van der Waals surface area (Å²) in [5.41, 5.74) is 0.666. The van der Waals surface area contributed by atoms with Crippen LogP contribution in [0.5, 0.6) is 0 Å². The number of rotatable bonds is 2. The molecule has 3 fully saturated rings. The molecule has 17 heavy (non-hydrogen) atoms. The highest BCUT2D eigenvalue weighted by Gasteiger charge is 2.39. The van der Waals surface area contributed by atoms with Gasteiger partial charge in [0.2, 0.25) is 0 Å². The molecule has 0 amide bonds. The van der Waals surface area contributed by atoms with E-state index in [1.165, 1.54) is 25.9 Å². The molecule has 3 aliphatic rings. The number of piperidine rings is 3. The van der Waals surface area contributed by atoms with Gasteiger partial charge in [0.05, 0.1) is 18.7 Å². The predicted molar refractivity (Wildman–Crippen MR) is 63.9 cm³/mol. The summed E-state index contributed by atoms with van der Waals surface area (Å²) in [5, 5.41) is 0. The Labute approximate surface area is 101 Å². The second-order valence-electron chi connectivity index (χ2n) is 5.10. The molecule has 3 saturated heterocycles. The summed E-state index contributed by atoms with van der Waals surface area (Å²) in [6.07, 6.45) is 2.56. The van der Waals surface area contributed by atoms with Gasteiger partial charge >= 0.3 is 5.97 Å². The first kappa shape index (κ1) is 10.8. The number of fused-ring (bicyclic) bond motifs is 3. The molecule has 90 valence electrons. The molecule has 0 aromatic heterocycles. The van der Waals surface area contributed by atoms with Crippen molar-refractivity contribution in [1.82, 2.24) is 0 Å². The van der Waals surface area contributed by atoms with Crippen LogP contribution in [0.4, 0.5) is 0 Å². The van der Waals surface area contributed by atoms with E-state index in [-0.39, 0.29) is 12.1 Å². The fourth-order valence-electron chi connectivity index (χ4n) is 2.99. The maximum Gasteiger partial charge on any atom is 0.338 e. The Bertz CT molecular complexity index is 396. The van der Waals surface area contributed by atoms with Gasteiger partial charge in [-0.25, -0.2) is 4.79 Å². The molecular weight excluding hydrogens is 214 g/mol. The fourth-order valence-corrected chi connectivity index (χ4v) is 2.99. The maximum absolute atomic E-state index is 12.0. The number of esters is 1. The second kappa shape index (κ2) is 4.49. The van der Waals surface area contributed by atoms with E-state index in [1.54, 1.807) is 4.90 Å². The number of carbonyl (C=O) groups is 1. The molecule has 0 aliphatic carbocycles. The van der Waals surface area contributed by atoms with Crippen LogP contribution >= 0.6 is 0 Å². The van der Waals surface area contributed by atoms with Gasteiger partial charge in [-0.15, -0.1) is 0 Å². The highest BCUT2D eigenvalue weighted by Crippen LogP contribution is 2.21. The molecule has 1 unspecified atom stereocenters. The number of carbonyl (C=O) groups excluding carboxylic acids is 1. The van der Waals surface area contributed by atoms with Crippen LogP contribution in [-0.2, 0) is 4.74 Å². The highest BCUT2D eigenvalue weighted by atomic mass is 16.5. The minimum Gasteiger partial charge on any atom is -0.452 e. The third-order valence-corrected chi connectivity index (χ3v) is 4.02. The monoisotopic (exact) mass is 232 g/mol. The van der Waals surface area contributed by atoms with Crippen LogP contribution < -0.4 is 4.90 Å². The van der Waals surface area contributed by atoms with Crippen molar-refractivity contribution in [2.45, 2.75) is 18.9 Å². The summed E-state index contributed by atoms with van der Waals surface area (Å²) < 4.78 is 5.65. The molecule has 3 nitrogen and oxygen atoms in total. The lowest BCUT2D eigenvalue weighted by Gasteiger charge is -2.41. The molecule has 1 atom stereocenters. The van der Waals surface area contributed by atoms with E-state index in [4.69, 9.17) is 4.74 Å². The number of hydrogen-bond donors (Lipinski definition) is 1. The van der Waals surface area contributed by atoms with Gasteiger partial charge in [0.25, 0.3) is 0 Å². The average Bonchev–Trinajstić information content (AvgIpc) is 2.41. The van der Waals surface area contributed by atoms with Crippen LogP contribution in [0.25, 0.3) is 0 Å². The van der Waals surface area contributed by atoms with Crippen LogP contribution in [-0.4, -0.2) is 31.7 Å². The molecular formula is C14H18NO2+. The molecule has 0 saturated carbocycles. The maximum atomic E-state index is 12.0. The highest BCUT2D eigenvalue weighted by molar-refractivity contribution is 5.89. The van der Waals surface area contributed by atoms with Crippen molar-refractivity contribution in [1.29, 1.82) is 0 Å². The van der Waals surface area contributed by atoms with Gasteiger partial charge in [0, 0.05) is 18.8 Å². The normalized spacial score (nSPS) is 31.2. The van der Waals surface area contributed by atoms with Crippen LogP contribution in [0, 0.1) is 5.92 Å².